The molecule has 5 heteroatoms. The molecule has 0 aromatic heterocycles. The molecule has 1 heterocycles. The monoisotopic (exact) mass is 275 g/mol. The van der Waals surface area contributed by atoms with E-state index in [4.69, 9.17) is 4.74 Å². The molecule has 1 N–H and O–H groups in total. The second-order valence-corrected chi connectivity index (χ2v) is 7.70. The van der Waals surface area contributed by atoms with Gasteiger partial charge in [0.05, 0.1) is 12.6 Å². The van der Waals surface area contributed by atoms with Crippen LogP contribution in [0.3, 0.4) is 0 Å². The zero-order valence-corrected chi connectivity index (χ0v) is 12.8. The van der Waals surface area contributed by atoms with Crippen LogP contribution in [0.5, 0.6) is 0 Å². The number of β-amino-alcohol motifs (C(OH)–C–C–N with tert-alkyl or cyclic N) is 1. The first-order chi connectivity index (χ1) is 8.19. The zero-order valence-electron chi connectivity index (χ0n) is 12.0. The molecule has 4 nitrogen and oxygen atoms in total. The number of likely N-dealkylation sites (tertiary alicyclic amines) is 1. The van der Waals surface area contributed by atoms with Crippen molar-refractivity contribution in [2.24, 2.45) is 5.92 Å². The molecule has 106 valence electrons. The van der Waals surface area contributed by atoms with Crippen molar-refractivity contribution in [1.29, 1.82) is 0 Å². The molecule has 18 heavy (non-hydrogen) atoms. The highest BCUT2D eigenvalue weighted by atomic mass is 32.2. The summed E-state index contributed by atoms with van der Waals surface area (Å²) in [5, 5.41) is 10.5. The van der Waals surface area contributed by atoms with Crippen LogP contribution >= 0.6 is 11.8 Å². The third-order valence-electron chi connectivity index (χ3n) is 2.70. The summed E-state index contributed by atoms with van der Waals surface area (Å²) >= 11 is 1.82. The fourth-order valence-electron chi connectivity index (χ4n) is 1.81. The number of thioether (sulfide) groups is 1. The van der Waals surface area contributed by atoms with Crippen molar-refractivity contribution in [3.8, 4) is 0 Å². The first kappa shape index (κ1) is 15.6. The molecule has 0 radical (unpaired) electrons. The fraction of sp³-hybridized carbons (Fsp3) is 0.923. The highest BCUT2D eigenvalue weighted by Crippen LogP contribution is 2.24. The predicted octanol–water partition coefficient (Wildman–Crippen LogP) is 2.36. The lowest BCUT2D eigenvalue weighted by Gasteiger charge is -2.24. The van der Waals surface area contributed by atoms with E-state index in [9.17, 15) is 9.90 Å². The maximum Gasteiger partial charge on any atom is 0.410 e. The van der Waals surface area contributed by atoms with Crippen LogP contribution in [-0.2, 0) is 4.74 Å². The lowest BCUT2D eigenvalue weighted by molar-refractivity contribution is 0.0270. The minimum absolute atomic E-state index is 0.157. The quantitative estimate of drug-likeness (QED) is 0.859. The Labute approximate surface area is 114 Å². The number of rotatable bonds is 3. The zero-order chi connectivity index (χ0) is 13.9. The summed E-state index contributed by atoms with van der Waals surface area (Å²) in [5.41, 5.74) is -0.479. The second kappa shape index (κ2) is 6.15. The van der Waals surface area contributed by atoms with E-state index in [2.05, 4.69) is 13.8 Å². The lowest BCUT2D eigenvalue weighted by atomic mass is 10.1. The molecule has 1 aliphatic rings. The van der Waals surface area contributed by atoms with Gasteiger partial charge in [0, 0.05) is 18.2 Å². The normalized spacial score (nSPS) is 24.7. The first-order valence-corrected chi connectivity index (χ1v) is 7.51. The standard InChI is InChI=1S/C13H25NO3S/c1-9(2)18-8-10-6-14(7-11(10)15)12(16)17-13(3,4)5/h9-11,15H,6-8H2,1-5H3/t10-,11+/m1/s1. The number of hydrogen-bond donors (Lipinski definition) is 1. The largest absolute Gasteiger partial charge is 0.444 e. The molecule has 1 amide bonds. The maximum atomic E-state index is 11.9. The molecular formula is C13H25NO3S. The number of carbonyl (C=O) groups excluding carboxylic acids is 1. The third-order valence-corrected chi connectivity index (χ3v) is 3.99. The fourth-order valence-corrected chi connectivity index (χ4v) is 2.77. The van der Waals surface area contributed by atoms with Crippen LogP contribution in [0.4, 0.5) is 4.79 Å². The summed E-state index contributed by atoms with van der Waals surface area (Å²) in [6, 6.07) is 0. The number of nitrogens with zero attached hydrogens (tertiary/aromatic N) is 1. The van der Waals surface area contributed by atoms with Crippen LogP contribution in [0.1, 0.15) is 34.6 Å². The summed E-state index contributed by atoms with van der Waals surface area (Å²) < 4.78 is 5.31. The Balaban J connectivity index is 2.45. The van der Waals surface area contributed by atoms with Crippen molar-refractivity contribution in [1.82, 2.24) is 4.90 Å². The topological polar surface area (TPSA) is 49.8 Å². The Morgan fingerprint density at radius 2 is 2.06 bits per heavy atom. The van der Waals surface area contributed by atoms with Gasteiger partial charge < -0.3 is 14.7 Å². The maximum absolute atomic E-state index is 11.9. The van der Waals surface area contributed by atoms with Gasteiger partial charge in [-0.05, 0) is 26.0 Å². The van der Waals surface area contributed by atoms with Crippen molar-refractivity contribution in [2.75, 3.05) is 18.8 Å². The van der Waals surface area contributed by atoms with E-state index in [0.717, 1.165) is 5.75 Å². The molecule has 2 atom stereocenters. The molecule has 0 aliphatic carbocycles. The van der Waals surface area contributed by atoms with Crippen LogP contribution in [-0.4, -0.2) is 51.9 Å². The Morgan fingerprint density at radius 1 is 1.44 bits per heavy atom. The van der Waals surface area contributed by atoms with Crippen LogP contribution in [0.2, 0.25) is 0 Å². The second-order valence-electron chi connectivity index (χ2n) is 6.09. The number of aliphatic hydroxyl groups is 1. The van der Waals surface area contributed by atoms with Gasteiger partial charge in [-0.15, -0.1) is 0 Å². The van der Waals surface area contributed by atoms with Gasteiger partial charge in [-0.1, -0.05) is 13.8 Å². The molecular weight excluding hydrogens is 250 g/mol. The Kier molecular flexibility index (Phi) is 5.34. The summed E-state index contributed by atoms with van der Waals surface area (Å²) in [7, 11) is 0. The highest BCUT2D eigenvalue weighted by molar-refractivity contribution is 7.99. The van der Waals surface area contributed by atoms with Gasteiger partial charge in [-0.2, -0.15) is 11.8 Å². The van der Waals surface area contributed by atoms with Gasteiger partial charge in [0.15, 0.2) is 0 Å². The molecule has 0 spiro atoms. The van der Waals surface area contributed by atoms with E-state index < -0.39 is 11.7 Å². The van der Waals surface area contributed by atoms with Gasteiger partial charge in [0.1, 0.15) is 5.60 Å². The number of amides is 1. The highest BCUT2D eigenvalue weighted by Gasteiger charge is 2.35. The van der Waals surface area contributed by atoms with Gasteiger partial charge in [0.25, 0.3) is 0 Å². The summed E-state index contributed by atoms with van der Waals surface area (Å²) in [6.07, 6.45) is -0.748. The van der Waals surface area contributed by atoms with Crippen LogP contribution in [0, 0.1) is 5.92 Å². The van der Waals surface area contributed by atoms with Gasteiger partial charge >= 0.3 is 6.09 Å². The first-order valence-electron chi connectivity index (χ1n) is 6.46. The van der Waals surface area contributed by atoms with Gasteiger partial charge in [0.2, 0.25) is 0 Å². The van der Waals surface area contributed by atoms with E-state index in [-0.39, 0.29) is 12.0 Å². The van der Waals surface area contributed by atoms with Crippen molar-refractivity contribution >= 4 is 17.9 Å². The number of hydrogen-bond acceptors (Lipinski definition) is 4. The SMILES string of the molecule is CC(C)SC[C@H]1CN(C(=O)OC(C)(C)C)C[C@@H]1O. The third kappa shape index (κ3) is 5.06. The molecule has 0 bridgehead atoms. The predicted molar refractivity (Wildman–Crippen MR) is 74.9 cm³/mol. The van der Waals surface area contributed by atoms with Crippen molar-refractivity contribution in [3.05, 3.63) is 0 Å². The van der Waals surface area contributed by atoms with Crippen molar-refractivity contribution in [2.45, 2.75) is 51.6 Å². The Morgan fingerprint density at radius 3 is 2.56 bits per heavy atom. The van der Waals surface area contributed by atoms with Crippen molar-refractivity contribution in [3.63, 3.8) is 0 Å². The summed E-state index contributed by atoms with van der Waals surface area (Å²) in [6.45, 7) is 10.8. The van der Waals surface area contributed by atoms with Gasteiger partial charge in [-0.3, -0.25) is 0 Å². The van der Waals surface area contributed by atoms with Crippen molar-refractivity contribution < 1.29 is 14.6 Å². The van der Waals surface area contributed by atoms with E-state index in [1.54, 1.807) is 4.90 Å². The molecule has 0 unspecified atom stereocenters. The molecule has 0 aromatic rings. The average molecular weight is 275 g/mol. The molecule has 1 aliphatic heterocycles. The lowest BCUT2D eigenvalue weighted by Crippen LogP contribution is -2.35. The van der Waals surface area contributed by atoms with Crippen LogP contribution < -0.4 is 0 Å². The van der Waals surface area contributed by atoms with E-state index in [1.165, 1.54) is 0 Å². The van der Waals surface area contributed by atoms with E-state index >= 15 is 0 Å². The van der Waals surface area contributed by atoms with Crippen LogP contribution in [0.25, 0.3) is 0 Å². The summed E-state index contributed by atoms with van der Waals surface area (Å²) in [5.74, 6) is 1.04. The van der Waals surface area contributed by atoms with E-state index in [1.807, 2.05) is 32.5 Å². The Bertz CT molecular complexity index is 288. The smallest absolute Gasteiger partial charge is 0.410 e. The number of carbonyl (C=O) groups is 1. The molecule has 0 saturated carbocycles. The average Bonchev–Trinajstić information content (AvgIpc) is 2.54. The van der Waals surface area contributed by atoms with Crippen LogP contribution in [0.15, 0.2) is 0 Å². The number of aliphatic hydroxyl groups excluding tert-OH is 1. The minimum Gasteiger partial charge on any atom is -0.444 e. The minimum atomic E-state index is -0.479. The Hall–Kier alpha value is -0.420. The molecule has 0 aromatic carbocycles. The number of ether oxygens (including phenoxy) is 1. The van der Waals surface area contributed by atoms with E-state index in [0.29, 0.717) is 18.3 Å². The van der Waals surface area contributed by atoms with Gasteiger partial charge in [-0.25, -0.2) is 4.79 Å². The molecule has 1 fully saturated rings. The summed E-state index contributed by atoms with van der Waals surface area (Å²) in [4.78, 5) is 13.5. The molecule has 1 rings (SSSR count). The molecule has 1 saturated heterocycles.